The summed E-state index contributed by atoms with van der Waals surface area (Å²) in [5.41, 5.74) is 5.86. The van der Waals surface area contributed by atoms with Gasteiger partial charge in [0.25, 0.3) is 0 Å². The molecule has 1 aliphatic rings. The van der Waals surface area contributed by atoms with Gasteiger partial charge >= 0.3 is 0 Å². The third-order valence-corrected chi connectivity index (χ3v) is 3.70. The van der Waals surface area contributed by atoms with Gasteiger partial charge in [-0.15, -0.1) is 11.3 Å². The zero-order valence-corrected chi connectivity index (χ0v) is 10.2. The third kappa shape index (κ3) is 2.86. The summed E-state index contributed by atoms with van der Waals surface area (Å²) in [7, 11) is 2.00. The molecule has 0 amide bonds. The highest BCUT2D eigenvalue weighted by atomic mass is 35.5. The van der Waals surface area contributed by atoms with Gasteiger partial charge in [-0.3, -0.25) is 0 Å². The normalized spacial score (nSPS) is 16.8. The summed E-state index contributed by atoms with van der Waals surface area (Å²) in [6, 6.07) is 4.49. The first-order chi connectivity index (χ1) is 7.16. The second kappa shape index (κ2) is 4.41. The maximum absolute atomic E-state index is 5.86. The fraction of sp³-hybridized carbons (Fsp3) is 0.500. The number of aliphatic imine (C=N–C) groups is 1. The molecule has 5 heteroatoms. The van der Waals surface area contributed by atoms with Crippen LogP contribution in [0.1, 0.15) is 17.7 Å². The molecule has 2 N–H and O–H groups in total. The van der Waals surface area contributed by atoms with Crippen LogP contribution in [0.5, 0.6) is 0 Å². The Hall–Kier alpha value is -0.740. The van der Waals surface area contributed by atoms with Crippen molar-refractivity contribution >= 4 is 28.9 Å². The molecule has 3 nitrogen and oxygen atoms in total. The molecule has 0 saturated heterocycles. The van der Waals surface area contributed by atoms with Crippen LogP contribution in [0.3, 0.4) is 0 Å². The first-order valence-electron chi connectivity index (χ1n) is 4.94. The average molecular weight is 244 g/mol. The quantitative estimate of drug-likeness (QED) is 0.654. The Morgan fingerprint density at radius 3 is 2.93 bits per heavy atom. The number of hydrogen-bond acceptors (Lipinski definition) is 2. The van der Waals surface area contributed by atoms with Crippen molar-refractivity contribution in [3.05, 3.63) is 21.3 Å². The molecular formula is C10H14ClN3S. The van der Waals surface area contributed by atoms with Crippen LogP contribution in [-0.2, 0) is 6.54 Å². The number of thiophene rings is 1. The van der Waals surface area contributed by atoms with E-state index >= 15 is 0 Å². The minimum atomic E-state index is 0.612. The monoisotopic (exact) mass is 243 g/mol. The molecule has 0 spiro atoms. The van der Waals surface area contributed by atoms with Crippen LogP contribution >= 0.6 is 22.9 Å². The minimum Gasteiger partial charge on any atom is -0.370 e. The molecule has 1 aromatic heterocycles. The van der Waals surface area contributed by atoms with Gasteiger partial charge in [0, 0.05) is 18.0 Å². The molecule has 1 aromatic rings. The van der Waals surface area contributed by atoms with E-state index in [1.807, 2.05) is 19.2 Å². The Kier molecular flexibility index (Phi) is 3.17. The zero-order valence-electron chi connectivity index (χ0n) is 8.61. The van der Waals surface area contributed by atoms with Crippen molar-refractivity contribution in [3.8, 4) is 0 Å². The third-order valence-electron chi connectivity index (χ3n) is 2.48. The fourth-order valence-corrected chi connectivity index (χ4v) is 2.37. The lowest BCUT2D eigenvalue weighted by atomic mass is 10.5. The molecule has 2 rings (SSSR count). The predicted molar refractivity (Wildman–Crippen MR) is 65.4 cm³/mol. The van der Waals surface area contributed by atoms with E-state index in [4.69, 9.17) is 17.3 Å². The SMILES string of the molecule is CN(C(N)=NCc1ccc(Cl)s1)C1CC1. The topological polar surface area (TPSA) is 41.6 Å². The molecular weight excluding hydrogens is 230 g/mol. The van der Waals surface area contributed by atoms with Gasteiger partial charge in [0.1, 0.15) is 0 Å². The van der Waals surface area contributed by atoms with Crippen LogP contribution in [0, 0.1) is 0 Å². The summed E-state index contributed by atoms with van der Waals surface area (Å²) < 4.78 is 0.800. The van der Waals surface area contributed by atoms with Crippen molar-refractivity contribution in [3.63, 3.8) is 0 Å². The highest BCUT2D eigenvalue weighted by Gasteiger charge is 2.27. The maximum atomic E-state index is 5.86. The molecule has 0 aliphatic heterocycles. The molecule has 0 atom stereocenters. The number of hydrogen-bond donors (Lipinski definition) is 1. The van der Waals surface area contributed by atoms with E-state index in [2.05, 4.69) is 9.89 Å². The fourth-order valence-electron chi connectivity index (χ4n) is 1.36. The van der Waals surface area contributed by atoms with Gasteiger partial charge in [-0.05, 0) is 25.0 Å². The van der Waals surface area contributed by atoms with E-state index in [1.54, 1.807) is 11.3 Å². The molecule has 0 aromatic carbocycles. The molecule has 1 saturated carbocycles. The van der Waals surface area contributed by atoms with Gasteiger partial charge in [0.15, 0.2) is 5.96 Å². The van der Waals surface area contributed by atoms with Crippen molar-refractivity contribution in [2.24, 2.45) is 10.7 Å². The van der Waals surface area contributed by atoms with Gasteiger partial charge in [-0.25, -0.2) is 4.99 Å². The van der Waals surface area contributed by atoms with Gasteiger partial charge < -0.3 is 10.6 Å². The van der Waals surface area contributed by atoms with E-state index in [1.165, 1.54) is 12.8 Å². The van der Waals surface area contributed by atoms with Crippen LogP contribution in [-0.4, -0.2) is 23.9 Å². The number of rotatable bonds is 3. The predicted octanol–water partition coefficient (Wildman–Crippen LogP) is 2.31. The smallest absolute Gasteiger partial charge is 0.191 e. The van der Waals surface area contributed by atoms with E-state index in [0.29, 0.717) is 18.5 Å². The van der Waals surface area contributed by atoms with Crippen LogP contribution in [0.15, 0.2) is 17.1 Å². The summed E-state index contributed by atoms with van der Waals surface area (Å²) in [5, 5.41) is 0. The lowest BCUT2D eigenvalue weighted by Gasteiger charge is -2.16. The summed E-state index contributed by atoms with van der Waals surface area (Å²) in [5.74, 6) is 0.627. The largest absolute Gasteiger partial charge is 0.370 e. The summed E-state index contributed by atoms with van der Waals surface area (Å²) in [6.45, 7) is 0.625. The Bertz CT molecular complexity index is 370. The van der Waals surface area contributed by atoms with E-state index in [0.717, 1.165) is 9.21 Å². The lowest BCUT2D eigenvalue weighted by Crippen LogP contribution is -2.35. The lowest BCUT2D eigenvalue weighted by molar-refractivity contribution is 0.487. The van der Waals surface area contributed by atoms with E-state index < -0.39 is 0 Å². The van der Waals surface area contributed by atoms with Crippen molar-refractivity contribution in [2.45, 2.75) is 25.4 Å². The molecule has 0 unspecified atom stereocenters. The molecule has 1 aliphatic carbocycles. The minimum absolute atomic E-state index is 0.612. The van der Waals surface area contributed by atoms with Crippen LogP contribution < -0.4 is 5.73 Å². The average Bonchev–Trinajstić information content (AvgIpc) is 2.98. The first-order valence-corrected chi connectivity index (χ1v) is 6.13. The van der Waals surface area contributed by atoms with Crippen molar-refractivity contribution in [1.82, 2.24) is 4.90 Å². The van der Waals surface area contributed by atoms with Gasteiger partial charge in [0.2, 0.25) is 0 Å². The van der Waals surface area contributed by atoms with Gasteiger partial charge in [0.05, 0.1) is 10.9 Å². The summed E-state index contributed by atoms with van der Waals surface area (Å²) in [6.07, 6.45) is 2.47. The number of halogens is 1. The summed E-state index contributed by atoms with van der Waals surface area (Å²) in [4.78, 5) is 7.54. The highest BCUT2D eigenvalue weighted by molar-refractivity contribution is 7.16. The maximum Gasteiger partial charge on any atom is 0.191 e. The molecule has 0 bridgehead atoms. The number of guanidine groups is 1. The van der Waals surface area contributed by atoms with Gasteiger partial charge in [-0.2, -0.15) is 0 Å². The van der Waals surface area contributed by atoms with Crippen LogP contribution in [0.25, 0.3) is 0 Å². The molecule has 15 heavy (non-hydrogen) atoms. The van der Waals surface area contributed by atoms with Crippen LogP contribution in [0.2, 0.25) is 4.34 Å². The molecule has 1 heterocycles. The van der Waals surface area contributed by atoms with Crippen molar-refractivity contribution < 1.29 is 0 Å². The second-order valence-corrected chi connectivity index (χ2v) is 5.52. The van der Waals surface area contributed by atoms with Gasteiger partial charge in [-0.1, -0.05) is 11.6 Å². The van der Waals surface area contributed by atoms with Crippen molar-refractivity contribution in [2.75, 3.05) is 7.05 Å². The van der Waals surface area contributed by atoms with Crippen LogP contribution in [0.4, 0.5) is 0 Å². The Morgan fingerprint density at radius 2 is 2.40 bits per heavy atom. The van der Waals surface area contributed by atoms with E-state index in [-0.39, 0.29) is 0 Å². The number of nitrogens with zero attached hydrogens (tertiary/aromatic N) is 2. The highest BCUT2D eigenvalue weighted by Crippen LogP contribution is 2.25. The Balaban J connectivity index is 1.92. The van der Waals surface area contributed by atoms with Crippen molar-refractivity contribution in [1.29, 1.82) is 0 Å². The zero-order chi connectivity index (χ0) is 10.8. The standard InChI is InChI=1S/C10H14ClN3S/c1-14(7-2-3-7)10(12)13-6-8-4-5-9(11)15-8/h4-5,7H,2-3,6H2,1H3,(H2,12,13). The first kappa shape index (κ1) is 10.8. The molecule has 1 fully saturated rings. The summed E-state index contributed by atoms with van der Waals surface area (Å²) >= 11 is 7.38. The second-order valence-electron chi connectivity index (χ2n) is 3.72. The Morgan fingerprint density at radius 1 is 1.67 bits per heavy atom. The molecule has 0 radical (unpaired) electrons. The van der Waals surface area contributed by atoms with E-state index in [9.17, 15) is 0 Å². The molecule has 82 valence electrons. The Labute approximate surface area is 98.6 Å². The number of nitrogens with two attached hydrogens (primary N) is 1.